The van der Waals surface area contributed by atoms with Gasteiger partial charge >= 0.3 is 13.7 Å². The first kappa shape index (κ1) is 30.6. The molecule has 2 aromatic heterocycles. The summed E-state index contributed by atoms with van der Waals surface area (Å²) in [4.78, 5) is 26.8. The summed E-state index contributed by atoms with van der Waals surface area (Å²) in [6.45, 7) is 5.39. The highest BCUT2D eigenvalue weighted by molar-refractivity contribution is 7.52. The van der Waals surface area contributed by atoms with Gasteiger partial charge in [-0.05, 0) is 39.8 Å². The number of fused-ring (bicyclic) bond motifs is 1. The number of aliphatic hydroxyl groups is 1. The third-order valence-electron chi connectivity index (χ3n) is 6.25. The summed E-state index contributed by atoms with van der Waals surface area (Å²) in [5.74, 6) is -0.135. The van der Waals surface area contributed by atoms with Crippen LogP contribution in [0.4, 0.5) is 16.2 Å². The third kappa shape index (κ3) is 6.60. The molecule has 224 valence electrons. The summed E-state index contributed by atoms with van der Waals surface area (Å²) in [6.07, 6.45) is -3.50. The fraction of sp³-hybridized carbons (Fsp3) is 0.520. The van der Waals surface area contributed by atoms with Gasteiger partial charge in [-0.2, -0.15) is 15.1 Å². The summed E-state index contributed by atoms with van der Waals surface area (Å²) >= 11 is 0. The number of para-hydroxylation sites is 1. The van der Waals surface area contributed by atoms with E-state index >= 15 is 4.39 Å². The number of carbonyl (C=O) groups excluding carboxylic acids is 1. The topological polar surface area (TPSA) is 176 Å². The Bertz CT molecular complexity index is 1420. The number of hydrogen-bond acceptors (Lipinski definition) is 12. The average molecular weight is 596 g/mol. The van der Waals surface area contributed by atoms with Crippen molar-refractivity contribution in [1.29, 1.82) is 0 Å². The van der Waals surface area contributed by atoms with E-state index in [-0.39, 0.29) is 17.3 Å². The van der Waals surface area contributed by atoms with Gasteiger partial charge in [-0.3, -0.25) is 13.9 Å². The number of halogens is 1. The van der Waals surface area contributed by atoms with Gasteiger partial charge in [0.2, 0.25) is 5.95 Å². The number of imidazole rings is 1. The molecule has 1 aliphatic rings. The minimum atomic E-state index is -4.28. The molecule has 4 rings (SSSR count). The molecule has 3 heterocycles. The normalized spacial score (nSPS) is 24.8. The first-order chi connectivity index (χ1) is 19.2. The second-order valence-corrected chi connectivity index (χ2v) is 12.0. The van der Waals surface area contributed by atoms with Crippen molar-refractivity contribution < 1.29 is 37.4 Å². The number of anilines is 2. The number of nitrogens with two attached hydrogens (primary N) is 1. The predicted octanol–water partition coefficient (Wildman–Crippen LogP) is 2.59. The van der Waals surface area contributed by atoms with Gasteiger partial charge in [0, 0.05) is 14.1 Å². The van der Waals surface area contributed by atoms with Gasteiger partial charge < -0.3 is 29.7 Å². The zero-order valence-corrected chi connectivity index (χ0v) is 24.5. The number of nitrogens with zero attached hydrogens (tertiary/aromatic N) is 5. The van der Waals surface area contributed by atoms with E-state index in [4.69, 9.17) is 24.3 Å². The first-order valence-corrected chi connectivity index (χ1v) is 14.4. The third-order valence-corrected chi connectivity index (χ3v) is 7.89. The second kappa shape index (κ2) is 11.9. The molecular formula is C25H35FN7O7P. The van der Waals surface area contributed by atoms with E-state index in [2.05, 4.69) is 20.0 Å². The molecule has 14 nitrogen and oxygen atoms in total. The molecule has 4 N–H and O–H groups in total. The number of nitrogen functional groups attached to an aromatic ring is 1. The maximum absolute atomic E-state index is 16.0. The van der Waals surface area contributed by atoms with Crippen LogP contribution in [-0.2, 0) is 23.4 Å². The van der Waals surface area contributed by atoms with Crippen LogP contribution in [0, 0.1) is 0 Å². The molecule has 0 saturated carbocycles. The van der Waals surface area contributed by atoms with Crippen molar-refractivity contribution in [2.24, 2.45) is 0 Å². The Morgan fingerprint density at radius 2 is 1.98 bits per heavy atom. The average Bonchev–Trinajstić information content (AvgIpc) is 3.40. The molecule has 0 radical (unpaired) electrons. The quantitative estimate of drug-likeness (QED) is 0.218. The van der Waals surface area contributed by atoms with Crippen LogP contribution < -0.4 is 20.2 Å². The molecule has 0 spiro atoms. The highest BCUT2D eigenvalue weighted by atomic mass is 31.2. The number of hydrogen-bond donors (Lipinski definition) is 3. The summed E-state index contributed by atoms with van der Waals surface area (Å²) in [6, 6.07) is 7.06. The molecule has 6 atom stereocenters. The zero-order chi connectivity index (χ0) is 30.1. The molecule has 41 heavy (non-hydrogen) atoms. The van der Waals surface area contributed by atoms with Crippen LogP contribution in [0.5, 0.6) is 5.75 Å². The van der Waals surface area contributed by atoms with Crippen molar-refractivity contribution in [3.8, 4) is 5.75 Å². The maximum atomic E-state index is 16.0. The number of rotatable bonds is 11. The van der Waals surface area contributed by atoms with Gasteiger partial charge in [0.05, 0.1) is 19.0 Å². The minimum Gasteiger partial charge on any atom is -0.462 e. The van der Waals surface area contributed by atoms with Gasteiger partial charge in [0.25, 0.3) is 0 Å². The molecule has 0 unspecified atom stereocenters. The molecule has 1 aliphatic heterocycles. The SMILES string of the molecule is CC(C)OC(=O)[C@@H](C)N[P@](=O)(OC[C@H]1O[C@@H](n2cnc3c(N(C)C)nc(N)nc32)[C@](C)(F)[C@@H]1O)Oc1ccccc1. The summed E-state index contributed by atoms with van der Waals surface area (Å²) < 4.78 is 53.4. The van der Waals surface area contributed by atoms with Gasteiger partial charge in [0.1, 0.15) is 24.0 Å². The Morgan fingerprint density at radius 1 is 1.29 bits per heavy atom. The molecule has 1 fully saturated rings. The predicted molar refractivity (Wildman–Crippen MR) is 148 cm³/mol. The first-order valence-electron chi connectivity index (χ1n) is 12.9. The van der Waals surface area contributed by atoms with Gasteiger partial charge in [0.15, 0.2) is 28.9 Å². The molecular weight excluding hydrogens is 560 g/mol. The van der Waals surface area contributed by atoms with Crippen molar-refractivity contribution in [1.82, 2.24) is 24.6 Å². The molecule has 3 aromatic rings. The number of ether oxygens (including phenoxy) is 2. The number of aromatic nitrogens is 4. The van der Waals surface area contributed by atoms with Crippen molar-refractivity contribution in [2.45, 2.75) is 63.9 Å². The number of carbonyl (C=O) groups is 1. The summed E-state index contributed by atoms with van der Waals surface area (Å²) in [5.41, 5.74) is 4.07. The van der Waals surface area contributed by atoms with E-state index in [0.717, 1.165) is 6.92 Å². The van der Waals surface area contributed by atoms with Crippen LogP contribution in [0.2, 0.25) is 0 Å². The zero-order valence-electron chi connectivity index (χ0n) is 23.6. The van der Waals surface area contributed by atoms with Gasteiger partial charge in [-0.25, -0.2) is 13.9 Å². The number of benzene rings is 1. The Hall–Kier alpha value is -3.36. The molecule has 1 saturated heterocycles. The standard InChI is InChI=1S/C25H35FN7O7P/c1-14(2)38-22(35)15(3)31-41(36,40-16-10-8-7-9-11-16)37-12-17-19(34)25(4,26)23(39-17)33-13-28-18-20(32(5)6)29-24(27)30-21(18)33/h7-11,13-15,17,19,23,34H,12H2,1-6H3,(H,31,36)(H2,27,29,30)/t15-,17-,19-,23-,25-,41+/m1/s1. The maximum Gasteiger partial charge on any atom is 0.459 e. The van der Waals surface area contributed by atoms with E-state index in [1.54, 1.807) is 63.2 Å². The van der Waals surface area contributed by atoms with Crippen LogP contribution >= 0.6 is 7.75 Å². The van der Waals surface area contributed by atoms with E-state index < -0.39 is 56.6 Å². The van der Waals surface area contributed by atoms with Crippen molar-refractivity contribution in [2.75, 3.05) is 31.3 Å². The van der Waals surface area contributed by atoms with Crippen LogP contribution in [0.25, 0.3) is 11.2 Å². The highest BCUT2D eigenvalue weighted by Crippen LogP contribution is 2.48. The van der Waals surface area contributed by atoms with Crippen molar-refractivity contribution in [3.63, 3.8) is 0 Å². The lowest BCUT2D eigenvalue weighted by Gasteiger charge is -2.25. The van der Waals surface area contributed by atoms with Crippen LogP contribution in [0.15, 0.2) is 36.7 Å². The van der Waals surface area contributed by atoms with Crippen LogP contribution in [-0.4, -0.2) is 81.3 Å². The summed E-state index contributed by atoms with van der Waals surface area (Å²) in [7, 11) is -0.793. The highest BCUT2D eigenvalue weighted by Gasteiger charge is 2.56. The molecule has 0 amide bonds. The fourth-order valence-electron chi connectivity index (χ4n) is 4.26. The number of nitrogens with one attached hydrogen (secondary N) is 1. The lowest BCUT2D eigenvalue weighted by molar-refractivity contribution is -0.149. The van der Waals surface area contributed by atoms with E-state index in [1.165, 1.54) is 17.8 Å². The summed E-state index contributed by atoms with van der Waals surface area (Å²) in [5, 5.41) is 13.5. The van der Waals surface area contributed by atoms with E-state index in [0.29, 0.717) is 11.3 Å². The van der Waals surface area contributed by atoms with Crippen molar-refractivity contribution >= 4 is 36.6 Å². The number of esters is 1. The molecule has 0 aliphatic carbocycles. The minimum absolute atomic E-state index is 0.0582. The van der Waals surface area contributed by atoms with Crippen LogP contribution in [0.1, 0.15) is 33.9 Å². The Kier molecular flexibility index (Phi) is 8.85. The monoisotopic (exact) mass is 595 g/mol. The molecule has 1 aromatic carbocycles. The Labute approximate surface area is 236 Å². The smallest absolute Gasteiger partial charge is 0.459 e. The van der Waals surface area contributed by atoms with Crippen molar-refractivity contribution in [3.05, 3.63) is 36.7 Å². The number of aliphatic hydroxyl groups excluding tert-OH is 1. The lowest BCUT2D eigenvalue weighted by atomic mass is 9.98. The lowest BCUT2D eigenvalue weighted by Crippen LogP contribution is -2.41. The van der Waals surface area contributed by atoms with E-state index in [9.17, 15) is 14.5 Å². The second-order valence-electron chi connectivity index (χ2n) is 10.3. The molecule has 0 bridgehead atoms. The fourth-order valence-corrected chi connectivity index (χ4v) is 5.76. The number of alkyl halides is 1. The Balaban J connectivity index is 1.57. The van der Waals surface area contributed by atoms with Gasteiger partial charge in [-0.1, -0.05) is 18.2 Å². The Morgan fingerprint density at radius 3 is 2.61 bits per heavy atom. The largest absolute Gasteiger partial charge is 0.462 e. The van der Waals surface area contributed by atoms with Gasteiger partial charge in [-0.15, -0.1) is 0 Å². The van der Waals surface area contributed by atoms with Crippen LogP contribution in [0.3, 0.4) is 0 Å². The molecule has 16 heteroatoms. The van der Waals surface area contributed by atoms with E-state index in [1.807, 2.05) is 0 Å².